The molecule has 3 aromatic rings. The second-order valence-electron chi connectivity index (χ2n) is 8.75. The van der Waals surface area contributed by atoms with E-state index >= 15 is 0 Å². The van der Waals surface area contributed by atoms with Crippen molar-refractivity contribution in [3.63, 3.8) is 0 Å². The highest BCUT2D eigenvalue weighted by Crippen LogP contribution is 2.27. The average molecular weight is 464 g/mol. The predicted molar refractivity (Wildman–Crippen MR) is 127 cm³/mol. The zero-order valence-electron chi connectivity index (χ0n) is 19.3. The van der Waals surface area contributed by atoms with Gasteiger partial charge < -0.3 is 23.7 Å². The molecule has 0 aliphatic carbocycles. The molecule has 0 N–H and O–H groups in total. The largest absolute Gasteiger partial charge is 0.489 e. The molecule has 2 atom stereocenters. The highest BCUT2D eigenvalue weighted by molar-refractivity contribution is 5.93. The number of nitrogens with zero attached hydrogens (tertiary/aromatic N) is 5. The summed E-state index contributed by atoms with van der Waals surface area (Å²) in [5, 5.41) is 0. The van der Waals surface area contributed by atoms with Crippen LogP contribution < -0.4 is 14.5 Å². The number of Topliss-reactive ketones (excluding diaryl/α,β-unsaturated/α-hetero) is 1. The van der Waals surface area contributed by atoms with Crippen molar-refractivity contribution in [3.8, 4) is 5.75 Å². The van der Waals surface area contributed by atoms with Crippen molar-refractivity contribution in [1.29, 1.82) is 0 Å². The number of benzene rings is 1. The second-order valence-corrected chi connectivity index (χ2v) is 8.75. The molecule has 1 unspecified atom stereocenters. The van der Waals surface area contributed by atoms with Crippen LogP contribution in [0.25, 0.3) is 0 Å². The van der Waals surface area contributed by atoms with Crippen LogP contribution in [0.5, 0.6) is 5.75 Å². The van der Waals surface area contributed by atoms with Gasteiger partial charge in [0.25, 0.3) is 0 Å². The summed E-state index contributed by atoms with van der Waals surface area (Å²) in [5.74, 6) is 2.86. The Labute approximate surface area is 198 Å². The summed E-state index contributed by atoms with van der Waals surface area (Å²) in [6.07, 6.45) is 5.97. The molecule has 0 radical (unpaired) electrons. The zero-order chi connectivity index (χ0) is 23.3. The minimum absolute atomic E-state index is 0.0436. The van der Waals surface area contributed by atoms with Gasteiger partial charge in [0, 0.05) is 38.7 Å². The summed E-state index contributed by atoms with van der Waals surface area (Å²) in [7, 11) is 0. The van der Waals surface area contributed by atoms with E-state index in [0.717, 1.165) is 55.7 Å². The van der Waals surface area contributed by atoms with Gasteiger partial charge in [0.15, 0.2) is 17.9 Å². The number of oxazole rings is 1. The number of ether oxygens (including phenoxy) is 2. The van der Waals surface area contributed by atoms with Crippen molar-refractivity contribution in [3.05, 3.63) is 60.4 Å². The molecule has 0 saturated carbocycles. The average Bonchev–Trinajstić information content (AvgIpc) is 3.58. The molecule has 0 spiro atoms. The van der Waals surface area contributed by atoms with Crippen LogP contribution in [0.4, 0.5) is 11.8 Å². The lowest BCUT2D eigenvalue weighted by Crippen LogP contribution is -2.37. The molecule has 2 fully saturated rings. The van der Waals surface area contributed by atoms with E-state index in [0.29, 0.717) is 25.4 Å². The van der Waals surface area contributed by atoms with E-state index in [-0.39, 0.29) is 17.8 Å². The van der Waals surface area contributed by atoms with Gasteiger partial charge in [-0.05, 0) is 29.7 Å². The molecule has 0 bridgehead atoms. The van der Waals surface area contributed by atoms with Gasteiger partial charge in [-0.1, -0.05) is 19.1 Å². The highest BCUT2D eigenvalue weighted by atomic mass is 16.5. The molecule has 2 aromatic heterocycles. The number of carbonyl (C=O) groups excluding carboxylic acids is 1. The van der Waals surface area contributed by atoms with Crippen molar-refractivity contribution in [2.45, 2.75) is 31.8 Å². The number of carbonyl (C=O) groups is 1. The van der Waals surface area contributed by atoms with Crippen molar-refractivity contribution in [2.24, 2.45) is 0 Å². The minimum Gasteiger partial charge on any atom is -0.489 e. The SMILES string of the molecule is C[C@H](CC(=O)c1cnco1)c1ccc(OC2CCN(c3ccnc(N4CCOCC4)n3)C2)cc1. The fraction of sp³-hybridized carbons (Fsp3) is 0.440. The Bertz CT molecular complexity index is 1080. The van der Waals surface area contributed by atoms with E-state index in [9.17, 15) is 4.79 Å². The van der Waals surface area contributed by atoms with Crippen molar-refractivity contribution in [1.82, 2.24) is 15.0 Å². The van der Waals surface area contributed by atoms with E-state index < -0.39 is 0 Å². The molecule has 178 valence electrons. The first-order valence-corrected chi connectivity index (χ1v) is 11.7. The molecule has 0 amide bonds. The maximum Gasteiger partial charge on any atom is 0.227 e. The van der Waals surface area contributed by atoms with Crippen LogP contribution in [0, 0.1) is 0 Å². The van der Waals surface area contributed by atoms with E-state index in [1.54, 1.807) is 0 Å². The summed E-state index contributed by atoms with van der Waals surface area (Å²) in [5.41, 5.74) is 1.09. The minimum atomic E-state index is -0.0436. The van der Waals surface area contributed by atoms with Gasteiger partial charge in [-0.15, -0.1) is 0 Å². The van der Waals surface area contributed by atoms with E-state index in [1.807, 2.05) is 43.5 Å². The lowest BCUT2D eigenvalue weighted by Gasteiger charge is -2.27. The Balaban J connectivity index is 1.15. The first kappa shape index (κ1) is 22.3. The van der Waals surface area contributed by atoms with Gasteiger partial charge in [-0.2, -0.15) is 4.98 Å². The lowest BCUT2D eigenvalue weighted by molar-refractivity contribution is 0.0948. The van der Waals surface area contributed by atoms with Gasteiger partial charge in [0.05, 0.1) is 26.0 Å². The molecular formula is C25H29N5O4. The third-order valence-corrected chi connectivity index (χ3v) is 6.34. The molecule has 9 nitrogen and oxygen atoms in total. The molecule has 2 aliphatic heterocycles. The summed E-state index contributed by atoms with van der Waals surface area (Å²) in [6, 6.07) is 9.98. The van der Waals surface area contributed by atoms with E-state index in [2.05, 4.69) is 19.8 Å². The van der Waals surface area contributed by atoms with Crippen LogP contribution in [0.3, 0.4) is 0 Å². The van der Waals surface area contributed by atoms with Crippen LogP contribution >= 0.6 is 0 Å². The lowest BCUT2D eigenvalue weighted by atomic mass is 9.95. The molecule has 9 heteroatoms. The quantitative estimate of drug-likeness (QED) is 0.466. The Hall–Kier alpha value is -3.46. The molecule has 2 aliphatic rings. The molecular weight excluding hydrogens is 434 g/mol. The summed E-state index contributed by atoms with van der Waals surface area (Å²) < 4.78 is 16.8. The van der Waals surface area contributed by atoms with E-state index in [4.69, 9.17) is 18.9 Å². The van der Waals surface area contributed by atoms with Crippen molar-refractivity contribution >= 4 is 17.5 Å². The van der Waals surface area contributed by atoms with Gasteiger partial charge in [-0.3, -0.25) is 4.79 Å². The third kappa shape index (κ3) is 5.20. The highest BCUT2D eigenvalue weighted by Gasteiger charge is 2.26. The van der Waals surface area contributed by atoms with Crippen LogP contribution in [0.2, 0.25) is 0 Å². The molecule has 34 heavy (non-hydrogen) atoms. The van der Waals surface area contributed by atoms with Crippen molar-refractivity contribution < 1.29 is 18.7 Å². The molecule has 1 aromatic carbocycles. The van der Waals surface area contributed by atoms with Gasteiger partial charge in [-0.25, -0.2) is 9.97 Å². The number of hydrogen-bond acceptors (Lipinski definition) is 9. The fourth-order valence-electron chi connectivity index (χ4n) is 4.38. The fourth-order valence-corrected chi connectivity index (χ4v) is 4.38. The standard InChI is InChI=1S/C25H29N5O4/c1-18(14-22(31)23-15-26-17-33-23)19-2-4-20(5-3-19)34-21-7-9-30(16-21)24-6-8-27-25(28-24)29-10-12-32-13-11-29/h2-6,8,15,17-18,21H,7,9-14,16H2,1H3/t18-,21?/m1/s1. The Morgan fingerprint density at radius 1 is 1.15 bits per heavy atom. The van der Waals surface area contributed by atoms with Gasteiger partial charge in [0.2, 0.25) is 5.95 Å². The number of anilines is 2. The summed E-state index contributed by atoms with van der Waals surface area (Å²) >= 11 is 0. The van der Waals surface area contributed by atoms with Crippen LogP contribution in [-0.4, -0.2) is 66.2 Å². The maximum absolute atomic E-state index is 12.3. The van der Waals surface area contributed by atoms with Gasteiger partial charge >= 0.3 is 0 Å². The predicted octanol–water partition coefficient (Wildman–Crippen LogP) is 3.34. The Kier molecular flexibility index (Phi) is 6.71. The monoisotopic (exact) mass is 463 g/mol. The summed E-state index contributed by atoms with van der Waals surface area (Å²) in [6.45, 7) is 6.76. The first-order chi connectivity index (χ1) is 16.7. The molecule has 2 saturated heterocycles. The smallest absolute Gasteiger partial charge is 0.227 e. The normalized spacial score (nSPS) is 19.3. The van der Waals surface area contributed by atoms with Crippen molar-refractivity contribution in [2.75, 3.05) is 49.2 Å². The van der Waals surface area contributed by atoms with Crippen LogP contribution in [0.1, 0.15) is 41.8 Å². The number of hydrogen-bond donors (Lipinski definition) is 0. The van der Waals surface area contributed by atoms with Crippen LogP contribution in [0.15, 0.2) is 53.5 Å². The number of rotatable bonds is 8. The molecule has 5 rings (SSSR count). The summed E-state index contributed by atoms with van der Waals surface area (Å²) in [4.78, 5) is 29.7. The number of morpholine rings is 1. The Morgan fingerprint density at radius 3 is 2.74 bits per heavy atom. The zero-order valence-corrected chi connectivity index (χ0v) is 19.3. The first-order valence-electron chi connectivity index (χ1n) is 11.7. The number of aromatic nitrogens is 3. The maximum atomic E-state index is 12.3. The van der Waals surface area contributed by atoms with Crippen LogP contribution in [-0.2, 0) is 4.74 Å². The topological polar surface area (TPSA) is 93.8 Å². The second kappa shape index (κ2) is 10.2. The van der Waals surface area contributed by atoms with E-state index in [1.165, 1.54) is 12.6 Å². The van der Waals surface area contributed by atoms with Gasteiger partial charge in [0.1, 0.15) is 17.7 Å². The number of ketones is 1. The third-order valence-electron chi connectivity index (χ3n) is 6.34. The molecule has 4 heterocycles. The Morgan fingerprint density at radius 2 is 1.97 bits per heavy atom.